The van der Waals surface area contributed by atoms with Gasteiger partial charge in [-0.1, -0.05) is 6.07 Å². The summed E-state index contributed by atoms with van der Waals surface area (Å²) in [7, 11) is -7.99. The number of carboxylic acids is 1. The lowest BCUT2D eigenvalue weighted by Crippen LogP contribution is -2.41. The highest BCUT2D eigenvalue weighted by atomic mass is 32.2. The highest BCUT2D eigenvalue weighted by Gasteiger charge is 2.29. The molecule has 0 atom stereocenters. The number of carbonyl (C=O) groups is 1. The topological polar surface area (TPSA) is 130 Å². The Morgan fingerprint density at radius 1 is 1.25 bits per heavy atom. The molecule has 0 aromatic heterocycles. The van der Waals surface area contributed by atoms with Gasteiger partial charge in [0.25, 0.3) is 0 Å². The molecule has 0 saturated carbocycles. The fraction of sp³-hybridized carbons (Fsp3) is 0.462. The van der Waals surface area contributed by atoms with Crippen molar-refractivity contribution in [2.45, 2.75) is 16.7 Å². The summed E-state index contributed by atoms with van der Waals surface area (Å²) in [5.41, 5.74) is 0.402. The second kappa shape index (κ2) is 7.15. The van der Waals surface area contributed by atoms with E-state index in [4.69, 9.17) is 9.84 Å². The summed E-state index contributed by atoms with van der Waals surface area (Å²) in [6, 6.07) is 3.66. The minimum Gasteiger partial charge on any atom is -0.480 e. The Labute approximate surface area is 140 Å². The van der Waals surface area contributed by atoms with Crippen molar-refractivity contribution in [2.24, 2.45) is 0 Å². The molecule has 24 heavy (non-hydrogen) atoms. The summed E-state index contributed by atoms with van der Waals surface area (Å²) >= 11 is 0. The quantitative estimate of drug-likeness (QED) is 0.674. The van der Waals surface area contributed by atoms with Gasteiger partial charge in [-0.15, -0.1) is 0 Å². The molecule has 2 N–H and O–H groups in total. The van der Waals surface area contributed by atoms with Crippen LogP contribution in [0, 0.1) is 6.92 Å². The average Bonchev–Trinajstić information content (AvgIpc) is 2.54. The van der Waals surface area contributed by atoms with Crippen LogP contribution < -0.4 is 4.72 Å². The summed E-state index contributed by atoms with van der Waals surface area (Å²) in [5.74, 6) is -1.34. The zero-order chi connectivity index (χ0) is 18.0. The number of hydrogen-bond donors (Lipinski definition) is 2. The molecule has 1 saturated heterocycles. The number of benzene rings is 1. The highest BCUT2D eigenvalue weighted by molar-refractivity contribution is 7.90. The summed E-state index contributed by atoms with van der Waals surface area (Å²) in [5, 5.41) is 8.58. The number of nitrogens with one attached hydrogen (secondary N) is 1. The Bertz CT molecular complexity index is 828. The van der Waals surface area contributed by atoms with Crippen molar-refractivity contribution in [1.82, 2.24) is 9.03 Å². The minimum absolute atomic E-state index is 0.123. The Morgan fingerprint density at radius 2 is 1.88 bits per heavy atom. The SMILES string of the molecule is Cc1ccc(S(=O)(=O)NCC(=O)O)cc1S(=O)(=O)N1CCOCC1. The van der Waals surface area contributed by atoms with Gasteiger partial charge in [-0.25, -0.2) is 16.8 Å². The first kappa shape index (κ1) is 18.8. The number of morpholine rings is 1. The molecule has 1 aliphatic heterocycles. The van der Waals surface area contributed by atoms with Gasteiger partial charge < -0.3 is 9.84 Å². The van der Waals surface area contributed by atoms with Crippen LogP contribution in [0.2, 0.25) is 0 Å². The van der Waals surface area contributed by atoms with Crippen molar-refractivity contribution in [3.05, 3.63) is 23.8 Å². The van der Waals surface area contributed by atoms with E-state index in [0.29, 0.717) is 5.56 Å². The second-order valence-electron chi connectivity index (χ2n) is 5.16. The van der Waals surface area contributed by atoms with Gasteiger partial charge in [0.15, 0.2) is 0 Å². The monoisotopic (exact) mass is 378 g/mol. The number of rotatable bonds is 6. The Balaban J connectivity index is 2.40. The molecule has 1 fully saturated rings. The summed E-state index contributed by atoms with van der Waals surface area (Å²) in [4.78, 5) is 10.1. The van der Waals surface area contributed by atoms with Crippen molar-refractivity contribution >= 4 is 26.0 Å². The van der Waals surface area contributed by atoms with Gasteiger partial charge >= 0.3 is 5.97 Å². The molecular formula is C13H18N2O7S2. The lowest BCUT2D eigenvalue weighted by atomic mass is 10.2. The van der Waals surface area contributed by atoms with Crippen LogP contribution in [0.1, 0.15) is 5.56 Å². The summed E-state index contributed by atoms with van der Waals surface area (Å²) in [6.07, 6.45) is 0. The van der Waals surface area contributed by atoms with Gasteiger partial charge in [-0.3, -0.25) is 4.79 Å². The summed E-state index contributed by atoms with van der Waals surface area (Å²) in [6.45, 7) is 1.70. The first-order valence-electron chi connectivity index (χ1n) is 7.04. The third kappa shape index (κ3) is 4.11. The van der Waals surface area contributed by atoms with Crippen LogP contribution in [0.25, 0.3) is 0 Å². The maximum absolute atomic E-state index is 12.7. The standard InChI is InChI=1S/C13H18N2O7S2/c1-10-2-3-11(23(18,19)14-9-13(16)17)8-12(10)24(20,21)15-4-6-22-7-5-15/h2-3,8,14H,4-7,9H2,1H3,(H,16,17). The van der Waals surface area contributed by atoms with Crippen LogP contribution >= 0.6 is 0 Å². The zero-order valence-corrected chi connectivity index (χ0v) is 14.6. The molecule has 134 valence electrons. The smallest absolute Gasteiger partial charge is 0.318 e. The van der Waals surface area contributed by atoms with Gasteiger partial charge in [0.05, 0.1) is 23.0 Å². The minimum atomic E-state index is -4.12. The van der Waals surface area contributed by atoms with E-state index in [2.05, 4.69) is 0 Å². The molecule has 1 heterocycles. The predicted octanol–water partition coefficient (Wildman–Crippen LogP) is -0.621. The van der Waals surface area contributed by atoms with Crippen LogP contribution in [0.5, 0.6) is 0 Å². The van der Waals surface area contributed by atoms with Crippen molar-refractivity contribution in [1.29, 1.82) is 0 Å². The number of ether oxygens (including phenoxy) is 1. The largest absolute Gasteiger partial charge is 0.480 e. The number of sulfonamides is 2. The Hall–Kier alpha value is -1.53. The number of aliphatic carboxylic acids is 1. The maximum Gasteiger partial charge on any atom is 0.318 e. The Kier molecular flexibility index (Phi) is 5.60. The zero-order valence-electron chi connectivity index (χ0n) is 12.9. The first-order chi connectivity index (χ1) is 11.1. The van der Waals surface area contributed by atoms with E-state index >= 15 is 0 Å². The van der Waals surface area contributed by atoms with Crippen molar-refractivity contribution in [2.75, 3.05) is 32.8 Å². The molecule has 1 aromatic carbocycles. The molecule has 2 rings (SSSR count). The summed E-state index contributed by atoms with van der Waals surface area (Å²) < 4.78 is 57.9. The Morgan fingerprint density at radius 3 is 2.46 bits per heavy atom. The van der Waals surface area contributed by atoms with Gasteiger partial charge in [-0.2, -0.15) is 9.03 Å². The van der Waals surface area contributed by atoms with Gasteiger partial charge in [-0.05, 0) is 24.6 Å². The third-order valence-electron chi connectivity index (χ3n) is 3.47. The van der Waals surface area contributed by atoms with E-state index in [9.17, 15) is 21.6 Å². The van der Waals surface area contributed by atoms with Crippen molar-refractivity contribution in [3.8, 4) is 0 Å². The molecule has 0 spiro atoms. The van der Waals surface area contributed by atoms with E-state index in [1.54, 1.807) is 6.92 Å². The average molecular weight is 378 g/mol. The van der Waals surface area contributed by atoms with Crippen molar-refractivity contribution < 1.29 is 31.5 Å². The molecule has 0 aliphatic carbocycles. The molecule has 9 nitrogen and oxygen atoms in total. The van der Waals surface area contributed by atoms with E-state index in [1.807, 2.05) is 4.72 Å². The van der Waals surface area contributed by atoms with Crippen LogP contribution in [0.3, 0.4) is 0 Å². The van der Waals surface area contributed by atoms with Gasteiger partial charge in [0.2, 0.25) is 20.0 Å². The molecule has 11 heteroatoms. The van der Waals surface area contributed by atoms with Gasteiger partial charge in [0, 0.05) is 13.1 Å². The molecule has 0 unspecified atom stereocenters. The normalized spacial score (nSPS) is 16.9. The fourth-order valence-electron chi connectivity index (χ4n) is 2.19. The fourth-order valence-corrected chi connectivity index (χ4v) is 4.93. The van der Waals surface area contributed by atoms with Crippen LogP contribution in [-0.4, -0.2) is 65.1 Å². The van der Waals surface area contributed by atoms with E-state index in [1.165, 1.54) is 16.4 Å². The number of hydrogen-bond acceptors (Lipinski definition) is 6. The van der Waals surface area contributed by atoms with Crippen LogP contribution in [0.4, 0.5) is 0 Å². The number of aryl methyl sites for hydroxylation is 1. The highest BCUT2D eigenvalue weighted by Crippen LogP contribution is 2.24. The van der Waals surface area contributed by atoms with E-state index in [0.717, 1.165) is 6.07 Å². The van der Waals surface area contributed by atoms with Crippen LogP contribution in [-0.2, 0) is 29.6 Å². The maximum atomic E-state index is 12.7. The van der Waals surface area contributed by atoms with Gasteiger partial charge in [0.1, 0.15) is 6.54 Å². The third-order valence-corrected chi connectivity index (χ3v) is 6.91. The number of nitrogens with zero attached hydrogens (tertiary/aromatic N) is 1. The molecule has 0 radical (unpaired) electrons. The van der Waals surface area contributed by atoms with Crippen molar-refractivity contribution in [3.63, 3.8) is 0 Å². The lowest BCUT2D eigenvalue weighted by Gasteiger charge is -2.26. The molecule has 1 aliphatic rings. The van der Waals surface area contributed by atoms with E-state index in [-0.39, 0.29) is 36.1 Å². The van der Waals surface area contributed by atoms with E-state index < -0.39 is 32.6 Å². The second-order valence-corrected chi connectivity index (χ2v) is 8.84. The molecule has 1 aromatic rings. The molecule has 0 amide bonds. The number of carboxylic acid groups (broad SMARTS) is 1. The molecular weight excluding hydrogens is 360 g/mol. The molecule has 0 bridgehead atoms. The van der Waals surface area contributed by atoms with Crippen LogP contribution in [0.15, 0.2) is 28.0 Å². The predicted molar refractivity (Wildman–Crippen MR) is 83.6 cm³/mol. The lowest BCUT2D eigenvalue weighted by molar-refractivity contribution is -0.135. The first-order valence-corrected chi connectivity index (χ1v) is 9.97.